The van der Waals surface area contributed by atoms with Gasteiger partial charge in [-0.3, -0.25) is 0 Å². The maximum atomic E-state index is 13.0. The normalized spacial score (nSPS) is 22.4. The van der Waals surface area contributed by atoms with Gasteiger partial charge < -0.3 is 9.47 Å². The molecule has 6 rings (SSSR count). The molecule has 2 fully saturated rings. The number of aryl methyl sites for hydroxylation is 2. The van der Waals surface area contributed by atoms with E-state index in [0.717, 1.165) is 34.3 Å². The summed E-state index contributed by atoms with van der Waals surface area (Å²) >= 11 is 0. The molecule has 3 atom stereocenters. The molecule has 0 saturated heterocycles. The Morgan fingerprint density at radius 1 is 0.973 bits per heavy atom. The van der Waals surface area contributed by atoms with E-state index in [2.05, 4.69) is 50.2 Å². The fourth-order valence-corrected chi connectivity index (χ4v) is 7.02. The molecule has 2 aliphatic rings. The average molecular weight is 492 g/mol. The van der Waals surface area contributed by atoms with Crippen LogP contribution in [0, 0.1) is 25.7 Å². The largest absolute Gasteiger partial charge is 0.487 e. The van der Waals surface area contributed by atoms with Gasteiger partial charge in [-0.25, -0.2) is 9.78 Å². The van der Waals surface area contributed by atoms with Crippen molar-refractivity contribution in [3.63, 3.8) is 0 Å². The first-order chi connectivity index (χ1) is 18.0. The van der Waals surface area contributed by atoms with Gasteiger partial charge in [-0.15, -0.1) is 0 Å². The monoisotopic (exact) mass is 491 g/mol. The Morgan fingerprint density at radius 2 is 1.78 bits per heavy atom. The molecular formula is C33H33NO3. The molecule has 0 amide bonds. The number of carbonyl (C=O) groups excluding carboxylic acids is 1. The van der Waals surface area contributed by atoms with E-state index in [0.29, 0.717) is 24.0 Å². The van der Waals surface area contributed by atoms with E-state index in [4.69, 9.17) is 14.5 Å². The first-order valence-electron chi connectivity index (χ1n) is 13.3. The Bertz CT molecular complexity index is 1470. The second-order valence-electron chi connectivity index (χ2n) is 10.9. The Hall–Kier alpha value is -3.66. The molecule has 3 aromatic carbocycles. The summed E-state index contributed by atoms with van der Waals surface area (Å²) in [6.45, 7) is 4.69. The summed E-state index contributed by atoms with van der Waals surface area (Å²) < 4.78 is 11.6. The lowest BCUT2D eigenvalue weighted by molar-refractivity contribution is 0.0597. The highest BCUT2D eigenvalue weighted by molar-refractivity contribution is 5.92. The van der Waals surface area contributed by atoms with Crippen molar-refractivity contribution >= 4 is 16.9 Å². The number of hydrogen-bond donors (Lipinski definition) is 0. The second-order valence-corrected chi connectivity index (χ2v) is 10.9. The van der Waals surface area contributed by atoms with Crippen molar-refractivity contribution < 1.29 is 14.3 Å². The zero-order valence-corrected chi connectivity index (χ0v) is 21.8. The van der Waals surface area contributed by atoms with Crippen molar-refractivity contribution in [2.45, 2.75) is 51.6 Å². The predicted octanol–water partition coefficient (Wildman–Crippen LogP) is 7.32. The van der Waals surface area contributed by atoms with Crippen molar-refractivity contribution in [3.8, 4) is 5.75 Å². The molecule has 0 N–H and O–H groups in total. The van der Waals surface area contributed by atoms with Gasteiger partial charge in [-0.2, -0.15) is 0 Å². The minimum atomic E-state index is -0.288. The molecule has 188 valence electrons. The number of benzene rings is 3. The van der Waals surface area contributed by atoms with Crippen LogP contribution in [0.25, 0.3) is 10.9 Å². The second kappa shape index (κ2) is 9.33. The summed E-state index contributed by atoms with van der Waals surface area (Å²) in [5.41, 5.74) is 7.13. The van der Waals surface area contributed by atoms with Gasteiger partial charge in [0.2, 0.25) is 0 Å². The highest BCUT2D eigenvalue weighted by atomic mass is 16.5. The molecule has 4 aromatic rings. The van der Waals surface area contributed by atoms with E-state index in [9.17, 15) is 4.79 Å². The van der Waals surface area contributed by atoms with E-state index in [1.165, 1.54) is 43.1 Å². The molecule has 0 spiro atoms. The zero-order valence-electron chi connectivity index (χ0n) is 21.8. The van der Waals surface area contributed by atoms with Crippen molar-refractivity contribution in [3.05, 3.63) is 106 Å². The van der Waals surface area contributed by atoms with Crippen molar-refractivity contribution in [1.29, 1.82) is 0 Å². The highest BCUT2D eigenvalue weighted by Crippen LogP contribution is 2.61. The molecule has 0 aliphatic heterocycles. The van der Waals surface area contributed by atoms with Crippen molar-refractivity contribution in [2.75, 3.05) is 7.11 Å². The Kier molecular flexibility index (Phi) is 5.98. The number of nitrogens with zero attached hydrogens (tertiary/aromatic N) is 1. The third kappa shape index (κ3) is 4.19. The van der Waals surface area contributed by atoms with Crippen LogP contribution in [-0.4, -0.2) is 18.1 Å². The number of hydrogen-bond acceptors (Lipinski definition) is 4. The van der Waals surface area contributed by atoms with Gasteiger partial charge in [0, 0.05) is 10.8 Å². The number of carbonyl (C=O) groups is 1. The molecule has 0 unspecified atom stereocenters. The molecule has 2 bridgehead atoms. The zero-order chi connectivity index (χ0) is 25.6. The van der Waals surface area contributed by atoms with Crippen LogP contribution in [0.3, 0.4) is 0 Å². The Labute approximate surface area is 218 Å². The lowest BCUT2D eigenvalue weighted by atomic mass is 9.63. The summed E-state index contributed by atoms with van der Waals surface area (Å²) in [6.07, 6.45) is 4.72. The number of methoxy groups -OCH3 is 1. The molecule has 0 radical (unpaired) electrons. The first kappa shape index (κ1) is 23.7. The van der Waals surface area contributed by atoms with Crippen LogP contribution in [0.15, 0.2) is 72.8 Å². The molecule has 2 saturated carbocycles. The number of aromatic nitrogens is 1. The Morgan fingerprint density at radius 3 is 2.51 bits per heavy atom. The third-order valence-electron chi connectivity index (χ3n) is 8.51. The predicted molar refractivity (Wildman–Crippen MR) is 146 cm³/mol. The van der Waals surface area contributed by atoms with Gasteiger partial charge in [0.25, 0.3) is 0 Å². The lowest BCUT2D eigenvalue weighted by Crippen LogP contribution is -2.36. The quantitative estimate of drug-likeness (QED) is 0.265. The van der Waals surface area contributed by atoms with E-state index in [1.807, 2.05) is 36.4 Å². The SMILES string of the molecule is COC(=O)c1ccc(OCc2ccc3ccccc3n2)cc1[C@]1(c2cc(C)cc(C)c2)C[C@H]2CC[C@H]1C2. The van der Waals surface area contributed by atoms with Crippen LogP contribution < -0.4 is 4.74 Å². The minimum Gasteiger partial charge on any atom is -0.487 e. The topological polar surface area (TPSA) is 48.4 Å². The van der Waals surface area contributed by atoms with Gasteiger partial charge in [0.05, 0.1) is 23.9 Å². The third-order valence-corrected chi connectivity index (χ3v) is 8.51. The minimum absolute atomic E-state index is 0.218. The lowest BCUT2D eigenvalue weighted by Gasteiger charge is -2.40. The number of fused-ring (bicyclic) bond motifs is 3. The number of pyridine rings is 1. The smallest absolute Gasteiger partial charge is 0.338 e. The van der Waals surface area contributed by atoms with E-state index >= 15 is 0 Å². The van der Waals surface area contributed by atoms with Gasteiger partial charge in [-0.05, 0) is 86.4 Å². The number of para-hydroxylation sites is 1. The van der Waals surface area contributed by atoms with Crippen LogP contribution in [0.1, 0.15) is 64.0 Å². The summed E-state index contributed by atoms with van der Waals surface area (Å²) in [5, 5.41) is 1.11. The van der Waals surface area contributed by atoms with Gasteiger partial charge >= 0.3 is 5.97 Å². The number of ether oxygens (including phenoxy) is 2. The summed E-state index contributed by atoms with van der Waals surface area (Å²) in [7, 11) is 1.46. The van der Waals surface area contributed by atoms with Crippen molar-refractivity contribution in [1.82, 2.24) is 4.98 Å². The summed E-state index contributed by atoms with van der Waals surface area (Å²) in [5.74, 6) is 1.65. The van der Waals surface area contributed by atoms with E-state index < -0.39 is 0 Å². The van der Waals surface area contributed by atoms with E-state index in [-0.39, 0.29) is 11.4 Å². The fourth-order valence-electron chi connectivity index (χ4n) is 7.02. The van der Waals surface area contributed by atoms with Crippen molar-refractivity contribution in [2.24, 2.45) is 11.8 Å². The van der Waals surface area contributed by atoms with Gasteiger partial charge in [0.15, 0.2) is 0 Å². The maximum absolute atomic E-state index is 13.0. The van der Waals surface area contributed by atoms with Gasteiger partial charge in [0.1, 0.15) is 12.4 Å². The van der Waals surface area contributed by atoms with Crippen LogP contribution in [-0.2, 0) is 16.8 Å². The van der Waals surface area contributed by atoms with E-state index in [1.54, 1.807) is 0 Å². The number of rotatable bonds is 6. The molecular weight excluding hydrogens is 458 g/mol. The molecule has 1 heterocycles. The molecule has 4 heteroatoms. The van der Waals surface area contributed by atoms with Crippen LogP contribution in [0.4, 0.5) is 0 Å². The average Bonchev–Trinajstić information content (AvgIpc) is 3.53. The standard InChI is InChI=1S/C33H33NO3/c1-21-14-22(2)16-26(15-21)33(19-23-8-10-25(33)17-23)30-18-28(12-13-29(30)32(35)36-3)37-20-27-11-9-24-6-4-5-7-31(24)34-27/h4-7,9,11-16,18,23,25H,8,10,17,19-20H2,1-3H3/t23-,25-,33+/m0/s1. The fraction of sp³-hybridized carbons (Fsp3) is 0.333. The maximum Gasteiger partial charge on any atom is 0.338 e. The highest BCUT2D eigenvalue weighted by Gasteiger charge is 2.54. The van der Waals surface area contributed by atoms with Crippen LogP contribution in [0.2, 0.25) is 0 Å². The van der Waals surface area contributed by atoms with Gasteiger partial charge in [-0.1, -0.05) is 60.0 Å². The van der Waals surface area contributed by atoms with Crippen LogP contribution >= 0.6 is 0 Å². The molecule has 1 aromatic heterocycles. The Balaban J connectivity index is 1.42. The molecule has 37 heavy (non-hydrogen) atoms. The number of esters is 1. The first-order valence-corrected chi connectivity index (χ1v) is 13.3. The summed E-state index contributed by atoms with van der Waals surface area (Å²) in [4.78, 5) is 17.8. The summed E-state index contributed by atoms with van der Waals surface area (Å²) in [6, 6.07) is 24.9. The van der Waals surface area contributed by atoms with Crippen LogP contribution in [0.5, 0.6) is 5.75 Å². The molecule has 2 aliphatic carbocycles. The molecule has 4 nitrogen and oxygen atoms in total.